The summed E-state index contributed by atoms with van der Waals surface area (Å²) >= 11 is 0. The Morgan fingerprint density at radius 1 is 1.00 bits per heavy atom. The molecule has 2 aliphatic carbocycles. The van der Waals surface area contributed by atoms with E-state index in [1.54, 1.807) is 0 Å². The third kappa shape index (κ3) is 0.877. The minimum Gasteiger partial charge on any atom is -0.393 e. The minimum absolute atomic E-state index is 0.0590. The van der Waals surface area contributed by atoms with Crippen molar-refractivity contribution in [1.29, 1.82) is 0 Å². The van der Waals surface area contributed by atoms with E-state index in [9.17, 15) is 5.11 Å². The van der Waals surface area contributed by atoms with Crippen molar-refractivity contribution in [2.24, 2.45) is 11.8 Å². The molecule has 0 aromatic rings. The van der Waals surface area contributed by atoms with Gasteiger partial charge in [-0.3, -0.25) is 0 Å². The first-order valence-electron chi connectivity index (χ1n) is 4.04. The van der Waals surface area contributed by atoms with Gasteiger partial charge in [-0.1, -0.05) is 6.42 Å². The smallest absolute Gasteiger partial charge is 0.0568 e. The molecule has 2 bridgehead atoms. The summed E-state index contributed by atoms with van der Waals surface area (Å²) in [5.74, 6) is 1.67. The zero-order valence-corrected chi connectivity index (χ0v) is 5.71. The van der Waals surface area contributed by atoms with Gasteiger partial charge in [-0.05, 0) is 37.5 Å². The highest BCUT2D eigenvalue weighted by Crippen LogP contribution is 2.41. The van der Waals surface area contributed by atoms with E-state index in [2.05, 4.69) is 0 Å². The number of rotatable bonds is 0. The van der Waals surface area contributed by atoms with Gasteiger partial charge in [0.2, 0.25) is 0 Å². The van der Waals surface area contributed by atoms with Gasteiger partial charge in [0.05, 0.1) is 6.10 Å². The molecule has 52 valence electrons. The highest BCUT2D eigenvalue weighted by molar-refractivity contribution is 4.85. The van der Waals surface area contributed by atoms with Gasteiger partial charge in [0.15, 0.2) is 0 Å². The summed E-state index contributed by atoms with van der Waals surface area (Å²) < 4.78 is 0. The molecule has 2 aliphatic rings. The lowest BCUT2D eigenvalue weighted by atomic mass is 9.87. The standard InChI is InChI=1S/C8H14O/c9-8-4-2-6-1-3-7(8)5-6/h6-9H,1-5H2/t6-,7+,8-/m0/s1. The molecule has 1 nitrogen and oxygen atoms in total. The Balaban J connectivity index is 2.05. The van der Waals surface area contributed by atoms with Gasteiger partial charge >= 0.3 is 0 Å². The first-order chi connectivity index (χ1) is 4.36. The topological polar surface area (TPSA) is 20.2 Å². The van der Waals surface area contributed by atoms with E-state index in [1.165, 1.54) is 25.7 Å². The van der Waals surface area contributed by atoms with Crippen LogP contribution in [0.1, 0.15) is 32.1 Å². The molecule has 0 unspecified atom stereocenters. The third-order valence-electron chi connectivity index (χ3n) is 3.00. The lowest BCUT2D eigenvalue weighted by Gasteiger charge is -2.23. The number of fused-ring (bicyclic) bond motifs is 2. The summed E-state index contributed by atoms with van der Waals surface area (Å²) in [6.45, 7) is 0. The van der Waals surface area contributed by atoms with Gasteiger partial charge in [-0.15, -0.1) is 0 Å². The monoisotopic (exact) mass is 126 g/mol. The summed E-state index contributed by atoms with van der Waals surface area (Å²) in [4.78, 5) is 0. The van der Waals surface area contributed by atoms with Crippen LogP contribution < -0.4 is 0 Å². The fourth-order valence-electron chi connectivity index (χ4n) is 2.37. The molecule has 0 aliphatic heterocycles. The molecule has 0 spiro atoms. The summed E-state index contributed by atoms with van der Waals surface area (Å²) in [5.41, 5.74) is 0. The fraction of sp³-hybridized carbons (Fsp3) is 1.00. The number of hydrogen-bond donors (Lipinski definition) is 1. The Morgan fingerprint density at radius 2 is 1.78 bits per heavy atom. The molecule has 2 fully saturated rings. The highest BCUT2D eigenvalue weighted by Gasteiger charge is 2.34. The second kappa shape index (κ2) is 1.98. The van der Waals surface area contributed by atoms with Gasteiger partial charge < -0.3 is 5.11 Å². The maximum Gasteiger partial charge on any atom is 0.0568 e. The van der Waals surface area contributed by atoms with Gasteiger partial charge in [-0.2, -0.15) is 0 Å². The summed E-state index contributed by atoms with van der Waals surface area (Å²) in [5, 5.41) is 9.40. The van der Waals surface area contributed by atoms with E-state index >= 15 is 0 Å². The Hall–Kier alpha value is -0.0400. The molecule has 1 N–H and O–H groups in total. The molecule has 0 aromatic heterocycles. The quantitative estimate of drug-likeness (QED) is 0.522. The number of aliphatic hydroxyl groups is 1. The van der Waals surface area contributed by atoms with Gasteiger partial charge in [0.1, 0.15) is 0 Å². The van der Waals surface area contributed by atoms with E-state index < -0.39 is 0 Å². The highest BCUT2D eigenvalue weighted by atomic mass is 16.3. The predicted molar refractivity (Wildman–Crippen MR) is 36.1 cm³/mol. The molecule has 1 heteroatoms. The van der Waals surface area contributed by atoms with Crippen LogP contribution in [0.4, 0.5) is 0 Å². The Kier molecular flexibility index (Phi) is 1.26. The maximum absolute atomic E-state index is 9.40. The van der Waals surface area contributed by atoms with Crippen molar-refractivity contribution in [1.82, 2.24) is 0 Å². The molecular weight excluding hydrogens is 112 g/mol. The largest absolute Gasteiger partial charge is 0.393 e. The normalized spacial score (nSPS) is 49.7. The molecular formula is C8H14O. The average Bonchev–Trinajstić information content (AvgIpc) is 2.25. The number of hydrogen-bond acceptors (Lipinski definition) is 1. The fourth-order valence-corrected chi connectivity index (χ4v) is 2.37. The molecule has 3 atom stereocenters. The van der Waals surface area contributed by atoms with Crippen molar-refractivity contribution in [2.75, 3.05) is 0 Å². The first-order valence-corrected chi connectivity index (χ1v) is 4.04. The summed E-state index contributed by atoms with van der Waals surface area (Å²) in [7, 11) is 0. The van der Waals surface area contributed by atoms with Crippen molar-refractivity contribution in [3.8, 4) is 0 Å². The minimum atomic E-state index is 0.0590. The van der Waals surface area contributed by atoms with Crippen LogP contribution in [0.2, 0.25) is 0 Å². The Bertz CT molecular complexity index is 111. The van der Waals surface area contributed by atoms with E-state index in [-0.39, 0.29) is 6.10 Å². The summed E-state index contributed by atoms with van der Waals surface area (Å²) in [6.07, 6.45) is 6.44. The van der Waals surface area contributed by atoms with Gasteiger partial charge in [0.25, 0.3) is 0 Å². The summed E-state index contributed by atoms with van der Waals surface area (Å²) in [6, 6.07) is 0. The second-order valence-electron chi connectivity index (χ2n) is 3.58. The van der Waals surface area contributed by atoms with Crippen LogP contribution in [0.5, 0.6) is 0 Å². The van der Waals surface area contributed by atoms with Crippen LogP contribution in [0.15, 0.2) is 0 Å². The molecule has 2 rings (SSSR count). The molecule has 0 aromatic carbocycles. The second-order valence-corrected chi connectivity index (χ2v) is 3.58. The van der Waals surface area contributed by atoms with E-state index in [0.717, 1.165) is 12.3 Å². The van der Waals surface area contributed by atoms with Gasteiger partial charge in [0, 0.05) is 0 Å². The maximum atomic E-state index is 9.40. The Labute approximate surface area is 56.1 Å². The zero-order chi connectivity index (χ0) is 6.27. The molecule has 0 radical (unpaired) electrons. The van der Waals surface area contributed by atoms with Crippen LogP contribution >= 0.6 is 0 Å². The van der Waals surface area contributed by atoms with Crippen molar-refractivity contribution in [3.05, 3.63) is 0 Å². The third-order valence-corrected chi connectivity index (χ3v) is 3.00. The van der Waals surface area contributed by atoms with E-state index in [4.69, 9.17) is 0 Å². The molecule has 0 amide bonds. The van der Waals surface area contributed by atoms with Crippen molar-refractivity contribution in [3.63, 3.8) is 0 Å². The van der Waals surface area contributed by atoms with E-state index in [1.807, 2.05) is 0 Å². The lowest BCUT2D eigenvalue weighted by molar-refractivity contribution is 0.0770. The first kappa shape index (κ1) is 5.72. The van der Waals surface area contributed by atoms with Crippen molar-refractivity contribution >= 4 is 0 Å². The zero-order valence-electron chi connectivity index (χ0n) is 5.71. The Morgan fingerprint density at radius 3 is 2.56 bits per heavy atom. The molecule has 0 heterocycles. The van der Waals surface area contributed by atoms with Crippen LogP contribution in [-0.2, 0) is 0 Å². The molecule has 0 saturated heterocycles. The van der Waals surface area contributed by atoms with Crippen LogP contribution in [0.3, 0.4) is 0 Å². The average molecular weight is 126 g/mol. The SMILES string of the molecule is O[C@H]1CC[C@@H]2CC[C@@H]1C2. The lowest BCUT2D eigenvalue weighted by Crippen LogP contribution is -2.22. The van der Waals surface area contributed by atoms with Crippen LogP contribution in [0, 0.1) is 11.8 Å². The predicted octanol–water partition coefficient (Wildman–Crippen LogP) is 1.56. The molecule has 9 heavy (non-hydrogen) atoms. The van der Waals surface area contributed by atoms with Crippen molar-refractivity contribution < 1.29 is 5.11 Å². The van der Waals surface area contributed by atoms with Crippen LogP contribution in [-0.4, -0.2) is 11.2 Å². The van der Waals surface area contributed by atoms with Crippen molar-refractivity contribution in [2.45, 2.75) is 38.2 Å². The number of aliphatic hydroxyl groups excluding tert-OH is 1. The van der Waals surface area contributed by atoms with Gasteiger partial charge in [-0.25, -0.2) is 0 Å². The van der Waals surface area contributed by atoms with E-state index in [0.29, 0.717) is 5.92 Å². The van der Waals surface area contributed by atoms with Crippen LogP contribution in [0.25, 0.3) is 0 Å². The molecule has 2 saturated carbocycles.